The normalized spacial score (nSPS) is 18.0. The van der Waals surface area contributed by atoms with Crippen LogP contribution in [-0.2, 0) is 4.79 Å². The van der Waals surface area contributed by atoms with Crippen molar-refractivity contribution >= 4 is 23.2 Å². The third-order valence-corrected chi connectivity index (χ3v) is 6.14. The highest BCUT2D eigenvalue weighted by Gasteiger charge is 2.35. The number of hydrogen-bond donors (Lipinski definition) is 1. The fraction of sp³-hybridized carbons (Fsp3) is 0.320. The smallest absolute Gasteiger partial charge is 0.262 e. The fourth-order valence-corrected chi connectivity index (χ4v) is 4.38. The molecule has 170 valence electrons. The van der Waals surface area contributed by atoms with Crippen molar-refractivity contribution in [2.75, 3.05) is 25.0 Å². The molecule has 8 heteroatoms. The van der Waals surface area contributed by atoms with Crippen LogP contribution in [0.25, 0.3) is 0 Å². The van der Waals surface area contributed by atoms with E-state index in [2.05, 4.69) is 10.4 Å². The molecule has 0 bridgehead atoms. The largest absolute Gasteiger partial charge is 0.467 e. The van der Waals surface area contributed by atoms with Crippen LogP contribution in [0.5, 0.6) is 0 Å². The van der Waals surface area contributed by atoms with Gasteiger partial charge in [0.05, 0.1) is 19.1 Å². The number of hydrazone groups is 1. The molecule has 4 heterocycles. The minimum absolute atomic E-state index is 0.0619. The van der Waals surface area contributed by atoms with Crippen molar-refractivity contribution in [2.45, 2.75) is 32.2 Å². The topological polar surface area (TPSA) is 91.3 Å². The van der Waals surface area contributed by atoms with Gasteiger partial charge in [-0.05, 0) is 67.8 Å². The summed E-state index contributed by atoms with van der Waals surface area (Å²) in [5, 5.41) is 9.20. The summed E-state index contributed by atoms with van der Waals surface area (Å²) in [6.07, 6.45) is 5.82. The molecule has 8 nitrogen and oxygen atoms in total. The molecule has 1 atom stereocenters. The van der Waals surface area contributed by atoms with Gasteiger partial charge < -0.3 is 19.1 Å². The van der Waals surface area contributed by atoms with E-state index in [1.807, 2.05) is 42.2 Å². The third-order valence-electron chi connectivity index (χ3n) is 6.14. The standard InChI is InChI=1S/C25H26N4O4/c1-17-14-18(25(31)28-10-2-3-11-28)8-9-19(17)26-16-24(30)29-21(23-7-5-13-33-23)15-20(27-29)22-6-4-12-32-22/h4-9,12-14,21,26H,2-3,10-11,15-16H2,1H3. The van der Waals surface area contributed by atoms with Crippen molar-refractivity contribution in [1.82, 2.24) is 9.91 Å². The van der Waals surface area contributed by atoms with Gasteiger partial charge in [0.25, 0.3) is 11.8 Å². The maximum absolute atomic E-state index is 13.1. The van der Waals surface area contributed by atoms with Crippen LogP contribution in [0.1, 0.15) is 52.7 Å². The number of rotatable bonds is 6. The second kappa shape index (κ2) is 8.97. The zero-order chi connectivity index (χ0) is 22.8. The van der Waals surface area contributed by atoms with Gasteiger partial charge in [-0.25, -0.2) is 5.01 Å². The molecule has 1 fully saturated rings. The first-order valence-electron chi connectivity index (χ1n) is 11.2. The second-order valence-corrected chi connectivity index (χ2v) is 8.38. The molecule has 2 aromatic heterocycles. The quantitative estimate of drug-likeness (QED) is 0.613. The molecule has 0 aliphatic carbocycles. The number of amides is 2. The van der Waals surface area contributed by atoms with E-state index in [9.17, 15) is 9.59 Å². The zero-order valence-corrected chi connectivity index (χ0v) is 18.5. The number of carbonyl (C=O) groups excluding carboxylic acids is 2. The van der Waals surface area contributed by atoms with Crippen LogP contribution in [0.3, 0.4) is 0 Å². The Morgan fingerprint density at radius 1 is 1.09 bits per heavy atom. The minimum atomic E-state index is -0.323. The highest BCUT2D eigenvalue weighted by Crippen LogP contribution is 2.33. The monoisotopic (exact) mass is 446 g/mol. The van der Waals surface area contributed by atoms with Gasteiger partial charge in [-0.2, -0.15) is 5.10 Å². The Labute approximate surface area is 191 Å². The van der Waals surface area contributed by atoms with Gasteiger partial charge in [0.1, 0.15) is 23.3 Å². The highest BCUT2D eigenvalue weighted by atomic mass is 16.3. The third kappa shape index (κ3) is 4.28. The molecule has 1 unspecified atom stereocenters. The lowest BCUT2D eigenvalue weighted by Gasteiger charge is -2.21. The van der Waals surface area contributed by atoms with Crippen molar-refractivity contribution in [2.24, 2.45) is 5.10 Å². The number of anilines is 1. The molecular formula is C25H26N4O4. The molecule has 0 spiro atoms. The maximum atomic E-state index is 13.1. The Balaban J connectivity index is 1.28. The summed E-state index contributed by atoms with van der Waals surface area (Å²) < 4.78 is 11.0. The molecule has 1 N–H and O–H groups in total. The number of likely N-dealkylation sites (tertiary alicyclic amines) is 1. The second-order valence-electron chi connectivity index (χ2n) is 8.38. The van der Waals surface area contributed by atoms with Gasteiger partial charge in [0.2, 0.25) is 0 Å². The van der Waals surface area contributed by atoms with E-state index in [1.165, 1.54) is 5.01 Å². The van der Waals surface area contributed by atoms with Gasteiger partial charge in [0, 0.05) is 30.8 Å². The number of nitrogens with zero attached hydrogens (tertiary/aromatic N) is 3. The molecule has 1 aromatic carbocycles. The Kier molecular flexibility index (Phi) is 5.73. The molecule has 1 saturated heterocycles. The van der Waals surface area contributed by atoms with Crippen LogP contribution in [0.2, 0.25) is 0 Å². The Morgan fingerprint density at radius 2 is 1.88 bits per heavy atom. The molecule has 33 heavy (non-hydrogen) atoms. The molecule has 2 aliphatic rings. The molecule has 0 saturated carbocycles. The van der Waals surface area contributed by atoms with Crippen LogP contribution < -0.4 is 5.32 Å². The zero-order valence-electron chi connectivity index (χ0n) is 18.5. The maximum Gasteiger partial charge on any atom is 0.262 e. The van der Waals surface area contributed by atoms with Crippen LogP contribution in [0.4, 0.5) is 5.69 Å². The number of furan rings is 2. The van der Waals surface area contributed by atoms with Gasteiger partial charge in [-0.1, -0.05) is 0 Å². The van der Waals surface area contributed by atoms with Gasteiger partial charge in [-0.15, -0.1) is 0 Å². The number of hydrogen-bond acceptors (Lipinski definition) is 6. The van der Waals surface area contributed by atoms with Crippen molar-refractivity contribution in [3.63, 3.8) is 0 Å². The van der Waals surface area contributed by atoms with Crippen molar-refractivity contribution < 1.29 is 18.4 Å². The summed E-state index contributed by atoms with van der Waals surface area (Å²) in [6.45, 7) is 3.63. The first-order valence-corrected chi connectivity index (χ1v) is 11.2. The summed E-state index contributed by atoms with van der Waals surface area (Å²) in [4.78, 5) is 27.7. The molecule has 0 radical (unpaired) electrons. The molecule has 2 aliphatic heterocycles. The van der Waals surface area contributed by atoms with Gasteiger partial charge in [-0.3, -0.25) is 9.59 Å². The number of aryl methyl sites for hydroxylation is 1. The van der Waals surface area contributed by atoms with E-state index in [0.717, 1.165) is 37.2 Å². The minimum Gasteiger partial charge on any atom is -0.467 e. The molecule has 2 amide bonds. The summed E-state index contributed by atoms with van der Waals surface area (Å²) in [7, 11) is 0. The van der Waals surface area contributed by atoms with Gasteiger partial charge >= 0.3 is 0 Å². The Morgan fingerprint density at radius 3 is 2.58 bits per heavy atom. The van der Waals surface area contributed by atoms with Gasteiger partial charge in [0.15, 0.2) is 0 Å². The van der Waals surface area contributed by atoms with E-state index in [0.29, 0.717) is 29.2 Å². The fourth-order valence-electron chi connectivity index (χ4n) is 4.38. The predicted molar refractivity (Wildman–Crippen MR) is 123 cm³/mol. The number of nitrogens with one attached hydrogen (secondary N) is 1. The van der Waals surface area contributed by atoms with E-state index in [1.54, 1.807) is 24.7 Å². The first-order chi connectivity index (χ1) is 16.1. The summed E-state index contributed by atoms with van der Waals surface area (Å²) in [6, 6.07) is 12.5. The van der Waals surface area contributed by atoms with Crippen LogP contribution in [-0.4, -0.2) is 47.1 Å². The Bertz CT molecular complexity index is 1160. The summed E-state index contributed by atoms with van der Waals surface area (Å²) >= 11 is 0. The highest BCUT2D eigenvalue weighted by molar-refractivity contribution is 6.01. The van der Waals surface area contributed by atoms with E-state index >= 15 is 0 Å². The van der Waals surface area contributed by atoms with Crippen molar-refractivity contribution in [3.8, 4) is 0 Å². The lowest BCUT2D eigenvalue weighted by atomic mass is 10.1. The lowest BCUT2D eigenvalue weighted by molar-refractivity contribution is -0.131. The average Bonchev–Trinajstić information content (AvgIpc) is 3.64. The van der Waals surface area contributed by atoms with Crippen molar-refractivity contribution in [1.29, 1.82) is 0 Å². The van der Waals surface area contributed by atoms with Crippen molar-refractivity contribution in [3.05, 3.63) is 77.6 Å². The molecular weight excluding hydrogens is 420 g/mol. The Hall–Kier alpha value is -3.81. The van der Waals surface area contributed by atoms with E-state index in [4.69, 9.17) is 8.83 Å². The SMILES string of the molecule is Cc1cc(C(=O)N2CCCC2)ccc1NCC(=O)N1N=C(c2ccco2)CC1c1ccco1. The predicted octanol–water partition coefficient (Wildman–Crippen LogP) is 4.21. The lowest BCUT2D eigenvalue weighted by Crippen LogP contribution is -2.32. The summed E-state index contributed by atoms with van der Waals surface area (Å²) in [5.41, 5.74) is 3.11. The van der Waals surface area contributed by atoms with Crippen LogP contribution in [0, 0.1) is 6.92 Å². The summed E-state index contributed by atoms with van der Waals surface area (Å²) in [5.74, 6) is 1.20. The molecule has 3 aromatic rings. The number of carbonyl (C=O) groups is 2. The molecule has 5 rings (SSSR count). The van der Waals surface area contributed by atoms with E-state index < -0.39 is 0 Å². The van der Waals surface area contributed by atoms with E-state index in [-0.39, 0.29) is 24.4 Å². The average molecular weight is 447 g/mol. The van der Waals surface area contributed by atoms with Crippen LogP contribution in [0.15, 0.2) is 68.9 Å². The van der Waals surface area contributed by atoms with Crippen LogP contribution >= 0.6 is 0 Å². The number of benzene rings is 1. The first kappa shape index (κ1) is 21.1.